The summed E-state index contributed by atoms with van der Waals surface area (Å²) in [6, 6.07) is 13.6. The maximum Gasteiger partial charge on any atom is 0.312 e. The Labute approximate surface area is 171 Å². The number of carbonyl (C=O) groups is 2. The normalized spacial score (nSPS) is 15.9. The third-order valence-electron chi connectivity index (χ3n) is 5.61. The minimum Gasteiger partial charge on any atom is -0.466 e. The summed E-state index contributed by atoms with van der Waals surface area (Å²) in [5.74, 6) is 0.637. The van der Waals surface area contributed by atoms with E-state index in [1.54, 1.807) is 24.1 Å². The van der Waals surface area contributed by atoms with Gasteiger partial charge in [0.15, 0.2) is 5.76 Å². The highest BCUT2D eigenvalue weighted by Gasteiger charge is 2.43. The zero-order chi connectivity index (χ0) is 20.7. The van der Waals surface area contributed by atoms with Crippen molar-refractivity contribution in [1.29, 1.82) is 0 Å². The van der Waals surface area contributed by atoms with Gasteiger partial charge < -0.3 is 18.8 Å². The number of carbonyl (C=O) groups excluding carboxylic acids is 2. The summed E-state index contributed by atoms with van der Waals surface area (Å²) in [5.41, 5.74) is 0.656. The van der Waals surface area contributed by atoms with E-state index in [0.29, 0.717) is 50.7 Å². The first-order chi connectivity index (χ1) is 14.1. The number of likely N-dealkylation sites (tertiary alicyclic amines) is 1. The number of aryl methyl sites for hydroxylation is 1. The van der Waals surface area contributed by atoms with Crippen molar-refractivity contribution in [1.82, 2.24) is 4.90 Å². The lowest BCUT2D eigenvalue weighted by Crippen LogP contribution is -2.47. The SMILES string of the molecule is CCOC(=O)C1(CCc2ccccc2)CCN(C(=O)c2ccc(COC)o2)CC1. The monoisotopic (exact) mass is 399 g/mol. The fourth-order valence-electron chi connectivity index (χ4n) is 3.88. The highest BCUT2D eigenvalue weighted by Crippen LogP contribution is 2.38. The number of rotatable bonds is 8. The average molecular weight is 399 g/mol. The van der Waals surface area contributed by atoms with E-state index in [4.69, 9.17) is 13.9 Å². The second-order valence-corrected chi connectivity index (χ2v) is 7.48. The van der Waals surface area contributed by atoms with Crippen LogP contribution in [-0.2, 0) is 27.3 Å². The standard InChI is InChI=1S/C23H29NO5/c1-3-28-22(26)23(12-11-18-7-5-4-6-8-18)13-15-24(16-14-23)21(25)20-10-9-19(29-20)17-27-2/h4-10H,3,11-17H2,1-2H3. The van der Waals surface area contributed by atoms with Crippen LogP contribution < -0.4 is 0 Å². The smallest absolute Gasteiger partial charge is 0.312 e. The molecular formula is C23H29NO5. The van der Waals surface area contributed by atoms with Crippen molar-refractivity contribution < 1.29 is 23.5 Å². The number of nitrogens with zero attached hydrogens (tertiary/aromatic N) is 1. The van der Waals surface area contributed by atoms with Crippen LogP contribution in [0.25, 0.3) is 0 Å². The average Bonchev–Trinajstić information content (AvgIpc) is 3.22. The molecule has 1 saturated heterocycles. The lowest BCUT2D eigenvalue weighted by molar-refractivity contribution is -0.158. The molecule has 0 unspecified atom stereocenters. The van der Waals surface area contributed by atoms with Crippen molar-refractivity contribution in [2.24, 2.45) is 5.41 Å². The van der Waals surface area contributed by atoms with Crippen LogP contribution in [0.15, 0.2) is 46.9 Å². The number of esters is 1. The molecule has 156 valence electrons. The van der Waals surface area contributed by atoms with E-state index >= 15 is 0 Å². The first-order valence-electron chi connectivity index (χ1n) is 10.2. The van der Waals surface area contributed by atoms with Crippen LogP contribution in [-0.4, -0.2) is 43.6 Å². The molecule has 2 heterocycles. The van der Waals surface area contributed by atoms with Gasteiger partial charge in [-0.2, -0.15) is 0 Å². The summed E-state index contributed by atoms with van der Waals surface area (Å²) < 4.78 is 16.0. The van der Waals surface area contributed by atoms with E-state index in [1.807, 2.05) is 25.1 Å². The van der Waals surface area contributed by atoms with Gasteiger partial charge >= 0.3 is 5.97 Å². The Kier molecular flexibility index (Phi) is 7.09. The molecule has 29 heavy (non-hydrogen) atoms. The highest BCUT2D eigenvalue weighted by atomic mass is 16.5. The minimum atomic E-state index is -0.549. The fraction of sp³-hybridized carbons (Fsp3) is 0.478. The van der Waals surface area contributed by atoms with Gasteiger partial charge in [-0.05, 0) is 50.3 Å². The van der Waals surface area contributed by atoms with Gasteiger partial charge in [-0.25, -0.2) is 0 Å². The summed E-state index contributed by atoms with van der Waals surface area (Å²) in [4.78, 5) is 27.3. The number of benzene rings is 1. The minimum absolute atomic E-state index is 0.145. The Morgan fingerprint density at radius 3 is 2.48 bits per heavy atom. The van der Waals surface area contributed by atoms with Crippen molar-refractivity contribution in [2.75, 3.05) is 26.8 Å². The molecule has 0 aliphatic carbocycles. The number of methoxy groups -OCH3 is 1. The number of hydrogen-bond acceptors (Lipinski definition) is 5. The summed E-state index contributed by atoms with van der Waals surface area (Å²) in [5, 5.41) is 0. The predicted molar refractivity (Wildman–Crippen MR) is 108 cm³/mol. The first kappa shape index (κ1) is 21.1. The third kappa shape index (κ3) is 5.07. The third-order valence-corrected chi connectivity index (χ3v) is 5.61. The van der Waals surface area contributed by atoms with Crippen LogP contribution in [0.3, 0.4) is 0 Å². The maximum atomic E-state index is 12.8. The molecule has 2 aromatic rings. The number of ether oxygens (including phenoxy) is 2. The number of hydrogen-bond donors (Lipinski definition) is 0. The molecule has 1 aromatic carbocycles. The summed E-state index contributed by atoms with van der Waals surface area (Å²) in [6.45, 7) is 3.54. The topological polar surface area (TPSA) is 69.0 Å². The van der Waals surface area contributed by atoms with E-state index in [0.717, 1.165) is 12.8 Å². The molecule has 0 spiro atoms. The van der Waals surface area contributed by atoms with E-state index in [-0.39, 0.29) is 11.9 Å². The Morgan fingerprint density at radius 1 is 1.10 bits per heavy atom. The molecule has 0 saturated carbocycles. The summed E-state index contributed by atoms with van der Waals surface area (Å²) >= 11 is 0. The lowest BCUT2D eigenvalue weighted by atomic mass is 9.74. The molecule has 0 bridgehead atoms. The van der Waals surface area contributed by atoms with E-state index in [2.05, 4.69) is 12.1 Å². The lowest BCUT2D eigenvalue weighted by Gasteiger charge is -2.39. The largest absolute Gasteiger partial charge is 0.466 e. The summed E-state index contributed by atoms with van der Waals surface area (Å²) in [6.07, 6.45) is 2.72. The molecule has 1 aliphatic rings. The van der Waals surface area contributed by atoms with Gasteiger partial charge in [-0.15, -0.1) is 0 Å². The Morgan fingerprint density at radius 2 is 1.83 bits per heavy atom. The van der Waals surface area contributed by atoms with Crippen LogP contribution in [0.2, 0.25) is 0 Å². The molecule has 6 nitrogen and oxygen atoms in total. The Bertz CT molecular complexity index is 806. The van der Waals surface area contributed by atoms with Crippen molar-refractivity contribution in [3.05, 3.63) is 59.5 Å². The predicted octanol–water partition coefficient (Wildman–Crippen LogP) is 3.84. The van der Waals surface area contributed by atoms with Gasteiger partial charge in [0.1, 0.15) is 12.4 Å². The second kappa shape index (κ2) is 9.74. The molecular weight excluding hydrogens is 370 g/mol. The van der Waals surface area contributed by atoms with Crippen molar-refractivity contribution in [3.63, 3.8) is 0 Å². The molecule has 0 radical (unpaired) electrons. The first-order valence-corrected chi connectivity index (χ1v) is 10.2. The number of piperidine rings is 1. The van der Waals surface area contributed by atoms with Crippen LogP contribution >= 0.6 is 0 Å². The van der Waals surface area contributed by atoms with E-state index < -0.39 is 5.41 Å². The highest BCUT2D eigenvalue weighted by molar-refractivity contribution is 5.91. The Hall–Kier alpha value is -2.60. The Balaban J connectivity index is 1.66. The van der Waals surface area contributed by atoms with Crippen molar-refractivity contribution in [3.8, 4) is 0 Å². The molecule has 6 heteroatoms. The zero-order valence-corrected chi connectivity index (χ0v) is 17.2. The maximum absolute atomic E-state index is 12.8. The molecule has 1 aliphatic heterocycles. The summed E-state index contributed by atoms with van der Waals surface area (Å²) in [7, 11) is 1.58. The molecule has 1 fully saturated rings. The quantitative estimate of drug-likeness (QED) is 0.631. The van der Waals surface area contributed by atoms with Crippen LogP contribution in [0.5, 0.6) is 0 Å². The molecule has 1 amide bonds. The van der Waals surface area contributed by atoms with Crippen LogP contribution in [0.1, 0.15) is 48.1 Å². The number of furan rings is 1. The van der Waals surface area contributed by atoms with Crippen LogP contribution in [0.4, 0.5) is 0 Å². The molecule has 1 aromatic heterocycles. The van der Waals surface area contributed by atoms with E-state index in [9.17, 15) is 9.59 Å². The molecule has 3 rings (SSSR count). The van der Waals surface area contributed by atoms with Crippen LogP contribution in [0, 0.1) is 5.41 Å². The van der Waals surface area contributed by atoms with Gasteiger partial charge in [0.25, 0.3) is 5.91 Å². The fourth-order valence-corrected chi connectivity index (χ4v) is 3.88. The zero-order valence-electron chi connectivity index (χ0n) is 17.2. The second-order valence-electron chi connectivity index (χ2n) is 7.48. The van der Waals surface area contributed by atoms with Gasteiger partial charge in [0.05, 0.1) is 12.0 Å². The molecule has 0 N–H and O–H groups in total. The van der Waals surface area contributed by atoms with Gasteiger partial charge in [0.2, 0.25) is 0 Å². The van der Waals surface area contributed by atoms with Gasteiger partial charge in [-0.1, -0.05) is 30.3 Å². The van der Waals surface area contributed by atoms with E-state index in [1.165, 1.54) is 5.56 Å². The number of amides is 1. The van der Waals surface area contributed by atoms with Gasteiger partial charge in [0, 0.05) is 20.2 Å². The molecule has 0 atom stereocenters. The van der Waals surface area contributed by atoms with Crippen molar-refractivity contribution >= 4 is 11.9 Å². The van der Waals surface area contributed by atoms with Crippen molar-refractivity contribution in [2.45, 2.75) is 39.2 Å². The van der Waals surface area contributed by atoms with Gasteiger partial charge in [-0.3, -0.25) is 9.59 Å².